The molecular formula is C18H24N2. The van der Waals surface area contributed by atoms with Gasteiger partial charge in [-0.3, -0.25) is 4.90 Å². The van der Waals surface area contributed by atoms with Crippen LogP contribution in [0, 0.1) is 0 Å². The topological polar surface area (TPSA) is 29.3 Å². The predicted molar refractivity (Wildman–Crippen MR) is 86.9 cm³/mol. The van der Waals surface area contributed by atoms with E-state index in [0.29, 0.717) is 5.92 Å². The fourth-order valence-corrected chi connectivity index (χ4v) is 2.58. The highest BCUT2D eigenvalue weighted by molar-refractivity contribution is 5.44. The molecule has 0 aromatic heterocycles. The molecule has 0 radical (unpaired) electrons. The lowest BCUT2D eigenvalue weighted by atomic mass is 9.94. The van der Waals surface area contributed by atoms with Gasteiger partial charge in [0.25, 0.3) is 0 Å². The van der Waals surface area contributed by atoms with Gasteiger partial charge >= 0.3 is 0 Å². The zero-order valence-corrected chi connectivity index (χ0v) is 12.8. The summed E-state index contributed by atoms with van der Waals surface area (Å²) in [5.41, 5.74) is 10.6. The molecule has 2 heteroatoms. The normalized spacial score (nSPS) is 12.9. The van der Waals surface area contributed by atoms with E-state index in [2.05, 4.69) is 69.2 Å². The minimum absolute atomic E-state index is 0.236. The number of hydrogen-bond donors (Lipinski definition) is 1. The van der Waals surface area contributed by atoms with E-state index in [1.807, 2.05) is 12.1 Å². The fraction of sp³-hybridized carbons (Fsp3) is 0.333. The summed E-state index contributed by atoms with van der Waals surface area (Å²) < 4.78 is 0. The Morgan fingerprint density at radius 3 is 1.95 bits per heavy atom. The van der Waals surface area contributed by atoms with E-state index < -0.39 is 0 Å². The average molecular weight is 268 g/mol. The minimum atomic E-state index is 0.236. The van der Waals surface area contributed by atoms with Crippen LogP contribution < -0.4 is 5.73 Å². The van der Waals surface area contributed by atoms with E-state index in [1.165, 1.54) is 16.7 Å². The smallest absolute Gasteiger partial charge is 0.0597 e. The molecule has 106 valence electrons. The summed E-state index contributed by atoms with van der Waals surface area (Å²) in [6, 6.07) is 17.3. The van der Waals surface area contributed by atoms with Crippen LogP contribution in [-0.4, -0.2) is 19.0 Å². The van der Waals surface area contributed by atoms with Crippen LogP contribution in [0.3, 0.4) is 0 Å². The van der Waals surface area contributed by atoms with Crippen LogP contribution in [0.4, 0.5) is 5.69 Å². The van der Waals surface area contributed by atoms with Gasteiger partial charge in [0, 0.05) is 5.69 Å². The Labute approximate surface area is 122 Å². The Hall–Kier alpha value is -1.80. The highest BCUT2D eigenvalue weighted by atomic mass is 15.1. The number of anilines is 1. The highest BCUT2D eigenvalue weighted by Crippen LogP contribution is 2.28. The standard InChI is InChI=1S/C18H24N2/c1-13(2)14-8-10-15(11-9-14)18(20(3)4)16-6-5-7-17(19)12-16/h5-13,18H,19H2,1-4H3. The van der Waals surface area contributed by atoms with Gasteiger partial charge in [0.2, 0.25) is 0 Å². The van der Waals surface area contributed by atoms with Crippen LogP contribution in [0.1, 0.15) is 42.5 Å². The van der Waals surface area contributed by atoms with Crippen molar-refractivity contribution in [3.8, 4) is 0 Å². The largest absolute Gasteiger partial charge is 0.399 e. The first-order valence-corrected chi connectivity index (χ1v) is 7.10. The molecule has 0 fully saturated rings. The van der Waals surface area contributed by atoms with Crippen molar-refractivity contribution in [2.24, 2.45) is 0 Å². The fourth-order valence-electron chi connectivity index (χ4n) is 2.58. The lowest BCUT2D eigenvalue weighted by Crippen LogP contribution is -2.21. The van der Waals surface area contributed by atoms with Crippen molar-refractivity contribution in [3.63, 3.8) is 0 Å². The Balaban J connectivity index is 2.38. The predicted octanol–water partition coefficient (Wildman–Crippen LogP) is 4.04. The Morgan fingerprint density at radius 1 is 0.850 bits per heavy atom. The number of rotatable bonds is 4. The summed E-state index contributed by atoms with van der Waals surface area (Å²) in [5.74, 6) is 0.564. The van der Waals surface area contributed by atoms with Crippen LogP contribution in [0.5, 0.6) is 0 Å². The second kappa shape index (κ2) is 6.10. The van der Waals surface area contributed by atoms with Crippen LogP contribution in [0.25, 0.3) is 0 Å². The van der Waals surface area contributed by atoms with E-state index in [9.17, 15) is 0 Å². The third-order valence-corrected chi connectivity index (χ3v) is 3.66. The SMILES string of the molecule is CC(C)c1ccc(C(c2cccc(N)c2)N(C)C)cc1. The summed E-state index contributed by atoms with van der Waals surface area (Å²) in [4.78, 5) is 2.22. The molecule has 0 spiro atoms. The van der Waals surface area contributed by atoms with Crippen molar-refractivity contribution in [2.45, 2.75) is 25.8 Å². The molecule has 1 atom stereocenters. The molecule has 1 unspecified atom stereocenters. The summed E-state index contributed by atoms with van der Waals surface area (Å²) in [6.45, 7) is 4.44. The molecule has 2 rings (SSSR count). The van der Waals surface area contributed by atoms with Gasteiger partial charge in [0.05, 0.1) is 6.04 Å². The summed E-state index contributed by atoms with van der Waals surface area (Å²) in [6.07, 6.45) is 0. The molecular weight excluding hydrogens is 244 g/mol. The highest BCUT2D eigenvalue weighted by Gasteiger charge is 2.16. The van der Waals surface area contributed by atoms with E-state index in [0.717, 1.165) is 5.69 Å². The Bertz CT molecular complexity index is 556. The van der Waals surface area contributed by atoms with Gasteiger partial charge < -0.3 is 5.73 Å². The molecule has 2 aromatic rings. The monoisotopic (exact) mass is 268 g/mol. The van der Waals surface area contributed by atoms with Gasteiger partial charge in [-0.05, 0) is 48.8 Å². The molecule has 20 heavy (non-hydrogen) atoms. The van der Waals surface area contributed by atoms with E-state index in [1.54, 1.807) is 0 Å². The lowest BCUT2D eigenvalue weighted by molar-refractivity contribution is 0.342. The maximum atomic E-state index is 5.92. The molecule has 0 bridgehead atoms. The summed E-state index contributed by atoms with van der Waals surface area (Å²) in [7, 11) is 4.20. The number of nitrogens with two attached hydrogens (primary N) is 1. The zero-order chi connectivity index (χ0) is 14.7. The van der Waals surface area contributed by atoms with Gasteiger partial charge in [-0.2, -0.15) is 0 Å². The number of nitrogen functional groups attached to an aromatic ring is 1. The van der Waals surface area contributed by atoms with Crippen LogP contribution in [0.2, 0.25) is 0 Å². The van der Waals surface area contributed by atoms with Crippen LogP contribution in [-0.2, 0) is 0 Å². The summed E-state index contributed by atoms with van der Waals surface area (Å²) >= 11 is 0. The maximum absolute atomic E-state index is 5.92. The molecule has 0 heterocycles. The number of benzene rings is 2. The van der Waals surface area contributed by atoms with Gasteiger partial charge in [0.1, 0.15) is 0 Å². The third kappa shape index (κ3) is 3.20. The van der Waals surface area contributed by atoms with Gasteiger partial charge in [-0.15, -0.1) is 0 Å². The molecule has 0 saturated heterocycles. The van der Waals surface area contributed by atoms with Crippen molar-refractivity contribution in [2.75, 3.05) is 19.8 Å². The van der Waals surface area contributed by atoms with Crippen molar-refractivity contribution in [1.29, 1.82) is 0 Å². The van der Waals surface area contributed by atoms with Crippen LogP contribution >= 0.6 is 0 Å². The molecule has 0 aliphatic rings. The first-order chi connectivity index (χ1) is 9.49. The average Bonchev–Trinajstić information content (AvgIpc) is 2.39. The van der Waals surface area contributed by atoms with E-state index in [4.69, 9.17) is 5.73 Å². The van der Waals surface area contributed by atoms with Crippen molar-refractivity contribution in [3.05, 3.63) is 65.2 Å². The van der Waals surface area contributed by atoms with Gasteiger partial charge in [-0.25, -0.2) is 0 Å². The molecule has 2 aromatic carbocycles. The van der Waals surface area contributed by atoms with Crippen molar-refractivity contribution in [1.82, 2.24) is 4.90 Å². The van der Waals surface area contributed by atoms with Gasteiger partial charge in [-0.1, -0.05) is 50.2 Å². The number of hydrogen-bond acceptors (Lipinski definition) is 2. The zero-order valence-electron chi connectivity index (χ0n) is 12.8. The second-order valence-electron chi connectivity index (χ2n) is 5.86. The van der Waals surface area contributed by atoms with E-state index in [-0.39, 0.29) is 6.04 Å². The molecule has 0 amide bonds. The van der Waals surface area contributed by atoms with Crippen molar-refractivity contribution >= 4 is 5.69 Å². The first kappa shape index (κ1) is 14.6. The van der Waals surface area contributed by atoms with Crippen LogP contribution in [0.15, 0.2) is 48.5 Å². The third-order valence-electron chi connectivity index (χ3n) is 3.66. The minimum Gasteiger partial charge on any atom is -0.399 e. The Morgan fingerprint density at radius 2 is 1.45 bits per heavy atom. The maximum Gasteiger partial charge on any atom is 0.0597 e. The number of nitrogens with zero attached hydrogens (tertiary/aromatic N) is 1. The first-order valence-electron chi connectivity index (χ1n) is 7.10. The molecule has 0 saturated carbocycles. The molecule has 2 nitrogen and oxygen atoms in total. The molecule has 2 N–H and O–H groups in total. The Kier molecular flexibility index (Phi) is 4.46. The lowest BCUT2D eigenvalue weighted by Gasteiger charge is -2.26. The molecule has 0 aliphatic heterocycles. The summed E-state index contributed by atoms with van der Waals surface area (Å²) in [5, 5.41) is 0. The van der Waals surface area contributed by atoms with Crippen molar-refractivity contribution < 1.29 is 0 Å². The molecule has 0 aliphatic carbocycles. The quantitative estimate of drug-likeness (QED) is 0.848. The van der Waals surface area contributed by atoms with Gasteiger partial charge in [0.15, 0.2) is 0 Å². The van der Waals surface area contributed by atoms with E-state index >= 15 is 0 Å². The second-order valence-corrected chi connectivity index (χ2v) is 5.86.